The average molecular weight is 384 g/mol. The Balaban J connectivity index is 1.59. The highest BCUT2D eigenvalue weighted by Gasteiger charge is 2.08. The zero-order valence-electron chi connectivity index (χ0n) is 16.6. The van der Waals surface area contributed by atoms with Gasteiger partial charge in [0.1, 0.15) is 0 Å². The van der Waals surface area contributed by atoms with Gasteiger partial charge in [-0.15, -0.1) is 0 Å². The van der Waals surface area contributed by atoms with Crippen LogP contribution < -0.4 is 0 Å². The quantitative estimate of drug-likeness (QED) is 0.402. The first kappa shape index (κ1) is 20.3. The Morgan fingerprint density at radius 1 is 0.690 bits per heavy atom. The summed E-state index contributed by atoms with van der Waals surface area (Å²) in [5.74, 6) is -0.138. The Morgan fingerprint density at radius 3 is 1.79 bits per heavy atom. The Morgan fingerprint density at radius 2 is 1.21 bits per heavy atom. The highest BCUT2D eigenvalue weighted by Crippen LogP contribution is 2.20. The fourth-order valence-corrected chi connectivity index (χ4v) is 3.14. The van der Waals surface area contributed by atoms with Crippen molar-refractivity contribution in [2.24, 2.45) is 0 Å². The predicted molar refractivity (Wildman–Crippen MR) is 116 cm³/mol. The topological polar surface area (TPSA) is 43.4 Å². The lowest BCUT2D eigenvalue weighted by molar-refractivity contribution is -0.139. The molecule has 0 atom stereocenters. The first-order valence-corrected chi connectivity index (χ1v) is 9.55. The van der Waals surface area contributed by atoms with Crippen LogP contribution in [0.3, 0.4) is 0 Å². The van der Waals surface area contributed by atoms with Crippen molar-refractivity contribution in [1.82, 2.24) is 0 Å². The summed E-state index contributed by atoms with van der Waals surface area (Å²) in [5, 5.41) is 0. The van der Waals surface area contributed by atoms with Crippen molar-refractivity contribution in [1.29, 1.82) is 0 Å². The second-order valence-electron chi connectivity index (χ2n) is 7.01. The summed E-state index contributed by atoms with van der Waals surface area (Å²) in [4.78, 5) is 23.8. The average Bonchev–Trinajstić information content (AvgIpc) is 2.75. The van der Waals surface area contributed by atoms with Crippen LogP contribution in [0.25, 0.3) is 5.57 Å². The molecule has 3 aromatic rings. The first-order chi connectivity index (χ1) is 14.0. The van der Waals surface area contributed by atoms with Gasteiger partial charge in [-0.3, -0.25) is 9.59 Å². The fraction of sp³-hybridized carbons (Fsp3) is 0.154. The molecule has 0 aliphatic carbocycles. The second-order valence-corrected chi connectivity index (χ2v) is 7.01. The van der Waals surface area contributed by atoms with Gasteiger partial charge in [-0.1, -0.05) is 85.4 Å². The molecule has 29 heavy (non-hydrogen) atoms. The number of ketones is 1. The molecule has 0 fully saturated rings. The standard InChI is InChI=1S/C26H24O3/c1-19(23-12-8-22(9-13-23)18-26(28)29-2)16-21-10-14-24(15-11-21)25(27)17-20-6-4-3-5-7-20/h3-15H,1,16-18H2,2H3. The molecule has 0 saturated heterocycles. The summed E-state index contributed by atoms with van der Waals surface area (Å²) in [7, 11) is 1.39. The van der Waals surface area contributed by atoms with Crippen LogP contribution in [-0.2, 0) is 28.8 Å². The molecule has 0 N–H and O–H groups in total. The van der Waals surface area contributed by atoms with Crippen LogP contribution in [-0.4, -0.2) is 18.9 Å². The van der Waals surface area contributed by atoms with E-state index >= 15 is 0 Å². The zero-order valence-corrected chi connectivity index (χ0v) is 16.6. The summed E-state index contributed by atoms with van der Waals surface area (Å²) in [6.07, 6.45) is 1.37. The van der Waals surface area contributed by atoms with E-state index in [2.05, 4.69) is 11.3 Å². The minimum absolute atomic E-state index is 0.114. The third-order valence-electron chi connectivity index (χ3n) is 4.84. The van der Waals surface area contributed by atoms with Gasteiger partial charge in [0.05, 0.1) is 13.5 Å². The lowest BCUT2D eigenvalue weighted by Crippen LogP contribution is -2.04. The summed E-state index contributed by atoms with van der Waals surface area (Å²) in [5.41, 5.74) is 5.77. The molecule has 0 saturated carbocycles. The van der Waals surface area contributed by atoms with Gasteiger partial charge < -0.3 is 4.74 Å². The van der Waals surface area contributed by atoms with Gasteiger partial charge in [0, 0.05) is 12.0 Å². The van der Waals surface area contributed by atoms with Crippen molar-refractivity contribution >= 4 is 17.3 Å². The van der Waals surface area contributed by atoms with E-state index in [9.17, 15) is 9.59 Å². The molecule has 0 heterocycles. The van der Waals surface area contributed by atoms with Crippen LogP contribution in [0.2, 0.25) is 0 Å². The maximum absolute atomic E-state index is 12.4. The number of hydrogen-bond donors (Lipinski definition) is 0. The molecule has 0 unspecified atom stereocenters. The van der Waals surface area contributed by atoms with Crippen molar-refractivity contribution in [2.75, 3.05) is 7.11 Å². The molecule has 3 heteroatoms. The van der Waals surface area contributed by atoms with Crippen molar-refractivity contribution in [2.45, 2.75) is 19.3 Å². The fourth-order valence-electron chi connectivity index (χ4n) is 3.14. The Kier molecular flexibility index (Phi) is 6.75. The van der Waals surface area contributed by atoms with Crippen LogP contribution in [0, 0.1) is 0 Å². The number of carbonyl (C=O) groups excluding carboxylic acids is 2. The largest absolute Gasteiger partial charge is 0.469 e. The minimum Gasteiger partial charge on any atom is -0.469 e. The van der Waals surface area contributed by atoms with E-state index in [1.807, 2.05) is 78.9 Å². The van der Waals surface area contributed by atoms with Crippen molar-refractivity contribution < 1.29 is 14.3 Å². The second kappa shape index (κ2) is 9.65. The summed E-state index contributed by atoms with van der Waals surface area (Å²) in [6, 6.07) is 25.3. The lowest BCUT2D eigenvalue weighted by Gasteiger charge is -2.09. The molecule has 0 aliphatic rings. The highest BCUT2D eigenvalue weighted by molar-refractivity contribution is 5.97. The SMILES string of the molecule is C=C(Cc1ccc(C(=O)Cc2ccccc2)cc1)c1ccc(CC(=O)OC)cc1. The first-order valence-electron chi connectivity index (χ1n) is 9.55. The molecule has 146 valence electrons. The molecule has 0 aliphatic heterocycles. The van der Waals surface area contributed by atoms with Crippen LogP contribution in [0.4, 0.5) is 0 Å². The van der Waals surface area contributed by atoms with Gasteiger partial charge in [-0.05, 0) is 34.2 Å². The lowest BCUT2D eigenvalue weighted by atomic mass is 9.96. The molecule has 0 spiro atoms. The van der Waals surface area contributed by atoms with E-state index in [4.69, 9.17) is 0 Å². The number of allylic oxidation sites excluding steroid dienone is 1. The monoisotopic (exact) mass is 384 g/mol. The Hall–Kier alpha value is -3.46. The van der Waals surface area contributed by atoms with Gasteiger partial charge in [-0.25, -0.2) is 0 Å². The van der Waals surface area contributed by atoms with E-state index in [1.165, 1.54) is 7.11 Å². The van der Waals surface area contributed by atoms with Crippen molar-refractivity contribution in [3.8, 4) is 0 Å². The van der Waals surface area contributed by atoms with E-state index in [0.717, 1.165) is 33.4 Å². The van der Waals surface area contributed by atoms with Crippen LogP contribution in [0.15, 0.2) is 85.4 Å². The molecular weight excluding hydrogens is 360 g/mol. The van der Waals surface area contributed by atoms with E-state index in [0.29, 0.717) is 12.8 Å². The third kappa shape index (κ3) is 5.76. The van der Waals surface area contributed by atoms with Crippen molar-refractivity contribution in [3.05, 3.63) is 113 Å². The third-order valence-corrected chi connectivity index (χ3v) is 4.84. The molecule has 3 aromatic carbocycles. The Bertz CT molecular complexity index is 984. The van der Waals surface area contributed by atoms with Crippen LogP contribution in [0.1, 0.15) is 32.6 Å². The number of rotatable bonds is 8. The smallest absolute Gasteiger partial charge is 0.309 e. The van der Waals surface area contributed by atoms with Gasteiger partial charge in [0.25, 0.3) is 0 Å². The highest BCUT2D eigenvalue weighted by atomic mass is 16.5. The van der Waals surface area contributed by atoms with Crippen molar-refractivity contribution in [3.63, 3.8) is 0 Å². The minimum atomic E-state index is -0.251. The maximum atomic E-state index is 12.4. The van der Waals surface area contributed by atoms with E-state index < -0.39 is 0 Å². The zero-order chi connectivity index (χ0) is 20.6. The van der Waals surface area contributed by atoms with Gasteiger partial charge in [0.2, 0.25) is 0 Å². The van der Waals surface area contributed by atoms with E-state index in [1.54, 1.807) is 0 Å². The molecule has 0 amide bonds. The maximum Gasteiger partial charge on any atom is 0.309 e. The molecular formula is C26H24O3. The van der Waals surface area contributed by atoms with Crippen LogP contribution in [0.5, 0.6) is 0 Å². The molecule has 0 bridgehead atoms. The summed E-state index contributed by atoms with van der Waals surface area (Å²) < 4.78 is 4.69. The predicted octanol–water partition coefficient (Wildman–Crippen LogP) is 5.08. The van der Waals surface area contributed by atoms with Gasteiger partial charge >= 0.3 is 5.97 Å². The normalized spacial score (nSPS) is 10.4. The summed E-state index contributed by atoms with van der Waals surface area (Å²) in [6.45, 7) is 4.18. The van der Waals surface area contributed by atoms with Crippen LogP contribution >= 0.6 is 0 Å². The number of hydrogen-bond acceptors (Lipinski definition) is 3. The van der Waals surface area contributed by atoms with Gasteiger partial charge in [-0.2, -0.15) is 0 Å². The van der Waals surface area contributed by atoms with E-state index in [-0.39, 0.29) is 18.2 Å². The number of carbonyl (C=O) groups is 2. The number of methoxy groups -OCH3 is 1. The molecule has 3 nitrogen and oxygen atoms in total. The summed E-state index contributed by atoms with van der Waals surface area (Å²) >= 11 is 0. The molecule has 0 radical (unpaired) electrons. The molecule has 0 aromatic heterocycles. The van der Waals surface area contributed by atoms with Gasteiger partial charge in [0.15, 0.2) is 5.78 Å². The Labute approximate surface area is 171 Å². The number of Topliss-reactive ketones (excluding diaryl/α,β-unsaturated/α-hetero) is 1. The number of ether oxygens (including phenoxy) is 1. The number of benzene rings is 3. The number of esters is 1. The molecule has 3 rings (SSSR count).